The molecule has 0 fully saturated rings. The highest BCUT2D eigenvalue weighted by molar-refractivity contribution is 7.88. The number of nitrogens with one attached hydrogen (secondary N) is 1. The average molecular weight is 200 g/mol. The van der Waals surface area contributed by atoms with Gasteiger partial charge in [0.2, 0.25) is 10.0 Å². The molecule has 0 aliphatic heterocycles. The van der Waals surface area contributed by atoms with Crippen LogP contribution in [-0.4, -0.2) is 27.1 Å². The Morgan fingerprint density at radius 2 is 1.91 bits per heavy atom. The molecule has 0 aromatic heterocycles. The summed E-state index contributed by atoms with van der Waals surface area (Å²) in [5.41, 5.74) is -0.176. The van der Waals surface area contributed by atoms with Crippen LogP contribution in [-0.2, 0) is 10.0 Å². The van der Waals surface area contributed by atoms with E-state index in [1.54, 1.807) is 0 Å². The molecule has 5 heteroatoms. The van der Waals surface area contributed by atoms with Crippen molar-refractivity contribution in [3.8, 4) is 0 Å². The molecule has 11 heavy (non-hydrogen) atoms. The fourth-order valence-electron chi connectivity index (χ4n) is 0.374. The van der Waals surface area contributed by atoms with Gasteiger partial charge in [-0.2, -0.15) is 0 Å². The summed E-state index contributed by atoms with van der Waals surface area (Å²) in [5, 5.41) is 0. The minimum absolute atomic E-state index is 0.176. The lowest BCUT2D eigenvalue weighted by atomic mass is 9.97. The summed E-state index contributed by atoms with van der Waals surface area (Å²) in [6.07, 6.45) is 1.14. The van der Waals surface area contributed by atoms with E-state index in [4.69, 9.17) is 11.6 Å². The van der Waals surface area contributed by atoms with Crippen LogP contribution in [0.5, 0.6) is 0 Å². The maximum Gasteiger partial charge on any atom is 0.208 e. The summed E-state index contributed by atoms with van der Waals surface area (Å²) in [7, 11) is -3.08. The van der Waals surface area contributed by atoms with E-state index >= 15 is 0 Å². The predicted octanol–water partition coefficient (Wildman–Crippen LogP) is 0.801. The van der Waals surface area contributed by atoms with Crippen LogP contribution in [0.2, 0.25) is 0 Å². The van der Waals surface area contributed by atoms with Crippen LogP contribution < -0.4 is 4.72 Å². The Morgan fingerprint density at radius 3 is 2.18 bits per heavy atom. The quantitative estimate of drug-likeness (QED) is 0.681. The van der Waals surface area contributed by atoms with Gasteiger partial charge in [-0.05, 0) is 5.41 Å². The molecule has 0 aromatic rings. The van der Waals surface area contributed by atoms with E-state index in [1.165, 1.54) is 0 Å². The maximum atomic E-state index is 10.6. The number of hydrogen-bond donors (Lipinski definition) is 1. The number of alkyl halides is 1. The normalized spacial score (nSPS) is 13.5. The largest absolute Gasteiger partial charge is 0.215 e. The van der Waals surface area contributed by atoms with E-state index in [-0.39, 0.29) is 5.41 Å². The molecule has 0 saturated heterocycles. The molecule has 68 valence electrons. The Labute approximate surface area is 73.2 Å². The van der Waals surface area contributed by atoms with Gasteiger partial charge in [0.1, 0.15) is 0 Å². The third-order valence-electron chi connectivity index (χ3n) is 1.17. The van der Waals surface area contributed by atoms with Gasteiger partial charge in [-0.1, -0.05) is 13.8 Å². The Morgan fingerprint density at radius 1 is 1.45 bits per heavy atom. The molecule has 0 spiro atoms. The van der Waals surface area contributed by atoms with Gasteiger partial charge in [-0.25, -0.2) is 13.1 Å². The zero-order valence-corrected chi connectivity index (χ0v) is 8.59. The third-order valence-corrected chi connectivity index (χ3v) is 2.57. The number of rotatable bonds is 4. The highest BCUT2D eigenvalue weighted by Gasteiger charge is 2.17. The van der Waals surface area contributed by atoms with E-state index in [1.807, 2.05) is 13.8 Å². The number of halogens is 1. The van der Waals surface area contributed by atoms with Gasteiger partial charge in [-0.3, -0.25) is 0 Å². The van der Waals surface area contributed by atoms with Crippen molar-refractivity contribution in [2.75, 3.05) is 18.7 Å². The van der Waals surface area contributed by atoms with Crippen LogP contribution >= 0.6 is 11.6 Å². The predicted molar refractivity (Wildman–Crippen MR) is 47.3 cm³/mol. The molecule has 0 rings (SSSR count). The summed E-state index contributed by atoms with van der Waals surface area (Å²) in [6, 6.07) is 0. The van der Waals surface area contributed by atoms with Crippen LogP contribution in [0.3, 0.4) is 0 Å². The first-order chi connectivity index (χ1) is 4.77. The molecule has 0 bridgehead atoms. The van der Waals surface area contributed by atoms with Crippen LogP contribution in [0, 0.1) is 5.41 Å². The van der Waals surface area contributed by atoms with Gasteiger partial charge in [0, 0.05) is 12.4 Å². The molecule has 0 heterocycles. The van der Waals surface area contributed by atoms with E-state index in [9.17, 15) is 8.42 Å². The van der Waals surface area contributed by atoms with Gasteiger partial charge in [0.25, 0.3) is 0 Å². The van der Waals surface area contributed by atoms with Crippen molar-refractivity contribution in [2.45, 2.75) is 13.8 Å². The van der Waals surface area contributed by atoms with Crippen molar-refractivity contribution in [3.63, 3.8) is 0 Å². The lowest BCUT2D eigenvalue weighted by molar-refractivity contribution is 0.415. The molecule has 0 saturated carbocycles. The smallest absolute Gasteiger partial charge is 0.208 e. The molecular formula is C6H14ClNO2S. The third kappa shape index (κ3) is 6.59. The molecule has 0 aromatic carbocycles. The Kier molecular flexibility index (Phi) is 3.80. The van der Waals surface area contributed by atoms with Crippen molar-refractivity contribution in [1.29, 1.82) is 0 Å². The van der Waals surface area contributed by atoms with Crippen LogP contribution in [0.15, 0.2) is 0 Å². The molecule has 0 radical (unpaired) electrons. The van der Waals surface area contributed by atoms with Crippen molar-refractivity contribution < 1.29 is 8.42 Å². The average Bonchev–Trinajstić information content (AvgIpc) is 1.83. The summed E-state index contributed by atoms with van der Waals surface area (Å²) in [4.78, 5) is 0. The Balaban J connectivity index is 3.90. The lowest BCUT2D eigenvalue weighted by Crippen LogP contribution is -2.34. The maximum absolute atomic E-state index is 10.6. The van der Waals surface area contributed by atoms with E-state index < -0.39 is 10.0 Å². The second-order valence-electron chi connectivity index (χ2n) is 3.39. The molecule has 0 amide bonds. The summed E-state index contributed by atoms with van der Waals surface area (Å²) in [6.45, 7) is 4.19. The van der Waals surface area contributed by atoms with E-state index in [0.29, 0.717) is 12.4 Å². The van der Waals surface area contributed by atoms with E-state index in [2.05, 4.69) is 4.72 Å². The Bertz CT molecular complexity index is 211. The second-order valence-corrected chi connectivity index (χ2v) is 5.49. The summed E-state index contributed by atoms with van der Waals surface area (Å²) >= 11 is 5.59. The highest BCUT2D eigenvalue weighted by atomic mass is 35.5. The molecule has 1 N–H and O–H groups in total. The second kappa shape index (κ2) is 3.74. The molecular weight excluding hydrogens is 186 g/mol. The van der Waals surface area contributed by atoms with E-state index in [0.717, 1.165) is 6.26 Å². The first-order valence-electron chi connectivity index (χ1n) is 3.27. The first kappa shape index (κ1) is 11.2. The fourth-order valence-corrected chi connectivity index (χ4v) is 1.12. The number of sulfonamides is 1. The topological polar surface area (TPSA) is 46.2 Å². The number of hydrogen-bond acceptors (Lipinski definition) is 2. The molecule has 0 aliphatic rings. The molecule has 0 atom stereocenters. The SMILES string of the molecule is CC(C)(CCl)CNS(C)(=O)=O. The summed E-state index contributed by atoms with van der Waals surface area (Å²) < 4.78 is 23.7. The van der Waals surface area contributed by atoms with Crippen molar-refractivity contribution in [3.05, 3.63) is 0 Å². The van der Waals surface area contributed by atoms with Gasteiger partial charge in [-0.15, -0.1) is 11.6 Å². The monoisotopic (exact) mass is 199 g/mol. The minimum Gasteiger partial charge on any atom is -0.215 e. The minimum atomic E-state index is -3.08. The van der Waals surface area contributed by atoms with Gasteiger partial charge >= 0.3 is 0 Å². The van der Waals surface area contributed by atoms with Crippen molar-refractivity contribution in [2.24, 2.45) is 5.41 Å². The highest BCUT2D eigenvalue weighted by Crippen LogP contribution is 2.15. The zero-order chi connectivity index (χ0) is 9.12. The summed E-state index contributed by atoms with van der Waals surface area (Å²) in [5.74, 6) is 0.440. The standard InChI is InChI=1S/C6H14ClNO2S/c1-6(2,4-7)5-8-11(3,9)10/h8H,4-5H2,1-3H3. The van der Waals surface area contributed by atoms with Crippen molar-refractivity contribution in [1.82, 2.24) is 4.72 Å². The molecule has 0 unspecified atom stereocenters. The molecule has 3 nitrogen and oxygen atoms in total. The van der Waals surface area contributed by atoms with Crippen LogP contribution in [0.1, 0.15) is 13.8 Å². The first-order valence-corrected chi connectivity index (χ1v) is 5.70. The van der Waals surface area contributed by atoms with Crippen LogP contribution in [0.25, 0.3) is 0 Å². The zero-order valence-electron chi connectivity index (χ0n) is 7.02. The fraction of sp³-hybridized carbons (Fsp3) is 1.00. The Hall–Kier alpha value is 0.200. The lowest BCUT2D eigenvalue weighted by Gasteiger charge is -2.20. The molecule has 0 aliphatic carbocycles. The van der Waals surface area contributed by atoms with Gasteiger partial charge < -0.3 is 0 Å². The van der Waals surface area contributed by atoms with Crippen molar-refractivity contribution >= 4 is 21.6 Å². The van der Waals surface area contributed by atoms with Gasteiger partial charge in [0.15, 0.2) is 0 Å². The van der Waals surface area contributed by atoms with Gasteiger partial charge in [0.05, 0.1) is 6.26 Å². The van der Waals surface area contributed by atoms with Crippen LogP contribution in [0.4, 0.5) is 0 Å².